The molecule has 0 fully saturated rings. The molecule has 0 spiro atoms. The zero-order chi connectivity index (χ0) is 8.97. The van der Waals surface area contributed by atoms with Crippen LogP contribution in [0.4, 0.5) is 0 Å². The fourth-order valence-electron chi connectivity index (χ4n) is 1.18. The largest absolute Gasteiger partial charge is 0.338 e. The molecule has 0 saturated carbocycles. The summed E-state index contributed by atoms with van der Waals surface area (Å²) in [6.45, 7) is 2.03. The Morgan fingerprint density at radius 3 is 2.92 bits per heavy atom. The van der Waals surface area contributed by atoms with Crippen molar-refractivity contribution in [1.82, 2.24) is 9.55 Å². The van der Waals surface area contributed by atoms with E-state index in [-0.39, 0.29) is 5.38 Å². The molecule has 1 rings (SSSR count). The SMILES string of the molecule is CC(Cl)CCCc1nccn1C. The van der Waals surface area contributed by atoms with E-state index < -0.39 is 0 Å². The first-order valence-corrected chi connectivity index (χ1v) is 4.74. The summed E-state index contributed by atoms with van der Waals surface area (Å²) >= 11 is 5.83. The van der Waals surface area contributed by atoms with Gasteiger partial charge in [-0.3, -0.25) is 0 Å². The van der Waals surface area contributed by atoms with Gasteiger partial charge in [-0.1, -0.05) is 0 Å². The molecule has 68 valence electrons. The lowest BCUT2D eigenvalue weighted by Crippen LogP contribution is -1.99. The van der Waals surface area contributed by atoms with Gasteiger partial charge in [0.25, 0.3) is 0 Å². The first-order valence-electron chi connectivity index (χ1n) is 4.30. The van der Waals surface area contributed by atoms with Gasteiger partial charge >= 0.3 is 0 Å². The van der Waals surface area contributed by atoms with Gasteiger partial charge in [-0.25, -0.2) is 4.98 Å². The molecule has 0 amide bonds. The highest BCUT2D eigenvalue weighted by atomic mass is 35.5. The summed E-state index contributed by atoms with van der Waals surface area (Å²) in [5.74, 6) is 1.15. The average molecular weight is 187 g/mol. The van der Waals surface area contributed by atoms with Crippen LogP contribution in [-0.2, 0) is 13.5 Å². The molecular weight excluding hydrogens is 172 g/mol. The normalized spacial score (nSPS) is 13.2. The molecule has 0 aliphatic carbocycles. The van der Waals surface area contributed by atoms with Gasteiger partial charge in [0, 0.05) is 31.2 Å². The van der Waals surface area contributed by atoms with Crippen molar-refractivity contribution in [2.45, 2.75) is 31.6 Å². The van der Waals surface area contributed by atoms with Gasteiger partial charge in [-0.05, 0) is 19.8 Å². The van der Waals surface area contributed by atoms with Crippen LogP contribution in [0.1, 0.15) is 25.6 Å². The molecule has 2 nitrogen and oxygen atoms in total. The molecule has 0 radical (unpaired) electrons. The Bertz CT molecular complexity index is 230. The number of imidazole rings is 1. The van der Waals surface area contributed by atoms with Crippen molar-refractivity contribution in [3.05, 3.63) is 18.2 Å². The highest BCUT2D eigenvalue weighted by Crippen LogP contribution is 2.07. The molecular formula is C9H15ClN2. The fourth-order valence-corrected chi connectivity index (χ4v) is 1.33. The summed E-state index contributed by atoms with van der Waals surface area (Å²) in [4.78, 5) is 4.23. The lowest BCUT2D eigenvalue weighted by Gasteiger charge is -2.02. The number of hydrogen-bond donors (Lipinski definition) is 0. The minimum absolute atomic E-state index is 0.283. The molecule has 0 N–H and O–H groups in total. The number of nitrogens with zero attached hydrogens (tertiary/aromatic N) is 2. The van der Waals surface area contributed by atoms with Crippen molar-refractivity contribution in [2.24, 2.45) is 7.05 Å². The van der Waals surface area contributed by atoms with Crippen molar-refractivity contribution in [2.75, 3.05) is 0 Å². The Morgan fingerprint density at radius 2 is 2.42 bits per heavy atom. The Morgan fingerprint density at radius 1 is 1.67 bits per heavy atom. The summed E-state index contributed by atoms with van der Waals surface area (Å²) in [5, 5.41) is 0.283. The highest BCUT2D eigenvalue weighted by Gasteiger charge is 2.00. The highest BCUT2D eigenvalue weighted by molar-refractivity contribution is 6.20. The maximum atomic E-state index is 5.83. The standard InChI is InChI=1S/C9H15ClN2/c1-8(10)4-3-5-9-11-6-7-12(9)2/h6-8H,3-5H2,1-2H3. The lowest BCUT2D eigenvalue weighted by molar-refractivity contribution is 0.675. The monoisotopic (exact) mass is 186 g/mol. The Labute approximate surface area is 78.6 Å². The quantitative estimate of drug-likeness (QED) is 0.661. The summed E-state index contributed by atoms with van der Waals surface area (Å²) in [6, 6.07) is 0. The zero-order valence-corrected chi connectivity index (χ0v) is 8.38. The van der Waals surface area contributed by atoms with Crippen LogP contribution in [0.3, 0.4) is 0 Å². The van der Waals surface area contributed by atoms with E-state index in [1.165, 1.54) is 0 Å². The van der Waals surface area contributed by atoms with Gasteiger partial charge in [0.15, 0.2) is 0 Å². The van der Waals surface area contributed by atoms with Crippen molar-refractivity contribution >= 4 is 11.6 Å². The number of aromatic nitrogens is 2. The van der Waals surface area contributed by atoms with Crippen LogP contribution in [0.5, 0.6) is 0 Å². The second kappa shape index (κ2) is 4.51. The second-order valence-corrected chi connectivity index (χ2v) is 3.87. The predicted octanol–water partition coefficient (Wildman–Crippen LogP) is 2.37. The molecule has 1 heterocycles. The molecule has 3 heteroatoms. The fraction of sp³-hybridized carbons (Fsp3) is 0.667. The average Bonchev–Trinajstić information content (AvgIpc) is 2.36. The van der Waals surface area contributed by atoms with E-state index in [1.54, 1.807) is 0 Å². The zero-order valence-electron chi connectivity index (χ0n) is 7.63. The van der Waals surface area contributed by atoms with Crippen LogP contribution in [-0.4, -0.2) is 14.9 Å². The van der Waals surface area contributed by atoms with Crippen molar-refractivity contribution in [3.8, 4) is 0 Å². The molecule has 1 unspecified atom stereocenters. The number of aryl methyl sites for hydroxylation is 2. The first-order chi connectivity index (χ1) is 5.70. The molecule has 0 saturated heterocycles. The summed E-state index contributed by atoms with van der Waals surface area (Å²) in [6.07, 6.45) is 7.02. The van der Waals surface area contributed by atoms with Crippen LogP contribution < -0.4 is 0 Å². The van der Waals surface area contributed by atoms with Crippen LogP contribution in [0, 0.1) is 0 Å². The smallest absolute Gasteiger partial charge is 0.108 e. The van der Waals surface area contributed by atoms with E-state index in [4.69, 9.17) is 11.6 Å². The third-order valence-corrected chi connectivity index (χ3v) is 2.14. The number of hydrogen-bond acceptors (Lipinski definition) is 1. The van der Waals surface area contributed by atoms with E-state index in [0.717, 1.165) is 25.1 Å². The molecule has 1 aromatic heterocycles. The molecule has 1 atom stereocenters. The van der Waals surface area contributed by atoms with Crippen LogP contribution in [0.25, 0.3) is 0 Å². The minimum Gasteiger partial charge on any atom is -0.338 e. The van der Waals surface area contributed by atoms with Gasteiger partial charge < -0.3 is 4.57 Å². The van der Waals surface area contributed by atoms with Crippen molar-refractivity contribution in [1.29, 1.82) is 0 Å². The maximum absolute atomic E-state index is 5.83. The number of halogens is 1. The van der Waals surface area contributed by atoms with E-state index in [2.05, 4.69) is 9.55 Å². The number of rotatable bonds is 4. The van der Waals surface area contributed by atoms with E-state index in [0.29, 0.717) is 0 Å². The Kier molecular flexibility index (Phi) is 3.60. The van der Waals surface area contributed by atoms with Gasteiger partial charge in [-0.15, -0.1) is 11.6 Å². The van der Waals surface area contributed by atoms with E-state index in [1.807, 2.05) is 26.4 Å². The minimum atomic E-state index is 0.283. The predicted molar refractivity (Wildman–Crippen MR) is 51.5 cm³/mol. The molecule has 1 aromatic rings. The van der Waals surface area contributed by atoms with Gasteiger partial charge in [0.2, 0.25) is 0 Å². The molecule has 0 aromatic carbocycles. The Hall–Kier alpha value is -0.500. The maximum Gasteiger partial charge on any atom is 0.108 e. The summed E-state index contributed by atoms with van der Waals surface area (Å²) in [5.41, 5.74) is 0. The third kappa shape index (κ3) is 2.86. The van der Waals surface area contributed by atoms with Crippen molar-refractivity contribution < 1.29 is 0 Å². The van der Waals surface area contributed by atoms with Gasteiger partial charge in [0.05, 0.1) is 0 Å². The second-order valence-electron chi connectivity index (χ2n) is 3.13. The topological polar surface area (TPSA) is 17.8 Å². The van der Waals surface area contributed by atoms with Crippen molar-refractivity contribution in [3.63, 3.8) is 0 Å². The van der Waals surface area contributed by atoms with E-state index >= 15 is 0 Å². The first kappa shape index (κ1) is 9.59. The van der Waals surface area contributed by atoms with Crippen LogP contribution in [0.15, 0.2) is 12.4 Å². The lowest BCUT2D eigenvalue weighted by atomic mass is 10.2. The summed E-state index contributed by atoms with van der Waals surface area (Å²) < 4.78 is 2.05. The molecule has 0 aliphatic heterocycles. The molecule has 12 heavy (non-hydrogen) atoms. The van der Waals surface area contributed by atoms with Gasteiger partial charge in [-0.2, -0.15) is 0 Å². The molecule has 0 aliphatic rings. The van der Waals surface area contributed by atoms with Gasteiger partial charge in [0.1, 0.15) is 5.82 Å². The summed E-state index contributed by atoms with van der Waals surface area (Å²) in [7, 11) is 2.02. The third-order valence-electron chi connectivity index (χ3n) is 1.92. The Balaban J connectivity index is 2.29. The molecule has 0 bridgehead atoms. The van der Waals surface area contributed by atoms with Crippen LogP contribution in [0.2, 0.25) is 0 Å². The van der Waals surface area contributed by atoms with Crippen LogP contribution >= 0.6 is 11.6 Å². The number of alkyl halides is 1. The van der Waals surface area contributed by atoms with E-state index in [9.17, 15) is 0 Å².